The molecule has 1 aliphatic carbocycles. The van der Waals surface area contributed by atoms with E-state index in [1.54, 1.807) is 0 Å². The fourth-order valence-electron chi connectivity index (χ4n) is 3.09. The predicted molar refractivity (Wildman–Crippen MR) is 93.4 cm³/mol. The minimum atomic E-state index is 0.704. The van der Waals surface area contributed by atoms with Crippen molar-refractivity contribution in [2.45, 2.75) is 77.8 Å². The third-order valence-electron chi connectivity index (χ3n) is 4.39. The average Bonchev–Trinajstić information content (AvgIpc) is 2.91. The van der Waals surface area contributed by atoms with Crippen LogP contribution in [0.25, 0.3) is 0 Å². The highest BCUT2D eigenvalue weighted by Crippen LogP contribution is 2.31. The molecule has 3 nitrogen and oxygen atoms in total. The van der Waals surface area contributed by atoms with Gasteiger partial charge in [0.25, 0.3) is 0 Å². The maximum Gasteiger partial charge on any atom is 0.185 e. The van der Waals surface area contributed by atoms with E-state index in [9.17, 15) is 0 Å². The average molecular weight is 310 g/mol. The lowest BCUT2D eigenvalue weighted by molar-refractivity contribution is 0.427. The Kier molecular flexibility index (Phi) is 6.97. The van der Waals surface area contributed by atoms with Crippen molar-refractivity contribution in [2.75, 3.05) is 18.5 Å². The number of anilines is 1. The second-order valence-electron chi connectivity index (χ2n) is 6.20. The lowest BCUT2D eigenvalue weighted by Gasteiger charge is -2.30. The normalized spacial score (nSPS) is 16.3. The van der Waals surface area contributed by atoms with Gasteiger partial charge in [-0.3, -0.25) is 0 Å². The second-order valence-corrected chi connectivity index (χ2v) is 7.26. The maximum atomic E-state index is 4.96. The zero-order chi connectivity index (χ0) is 15.1. The van der Waals surface area contributed by atoms with Crippen LogP contribution in [0.5, 0.6) is 0 Å². The highest BCUT2D eigenvalue weighted by atomic mass is 32.1. The van der Waals surface area contributed by atoms with Crippen LogP contribution in [-0.4, -0.2) is 24.6 Å². The van der Waals surface area contributed by atoms with Gasteiger partial charge in [0.05, 0.1) is 5.69 Å². The van der Waals surface area contributed by atoms with Gasteiger partial charge < -0.3 is 10.2 Å². The van der Waals surface area contributed by atoms with Crippen LogP contribution >= 0.6 is 11.3 Å². The van der Waals surface area contributed by atoms with Gasteiger partial charge in [0.2, 0.25) is 0 Å². The van der Waals surface area contributed by atoms with Crippen LogP contribution in [0.2, 0.25) is 0 Å². The van der Waals surface area contributed by atoms with Crippen LogP contribution in [0.3, 0.4) is 0 Å². The summed E-state index contributed by atoms with van der Waals surface area (Å²) in [5.41, 5.74) is 1.32. The molecule has 1 fully saturated rings. The number of nitrogens with one attached hydrogen (secondary N) is 1. The van der Waals surface area contributed by atoms with Gasteiger partial charge in [0, 0.05) is 24.5 Å². The number of aryl methyl sites for hydroxylation is 1. The molecule has 0 unspecified atom stereocenters. The van der Waals surface area contributed by atoms with E-state index in [-0.39, 0.29) is 0 Å². The molecule has 0 saturated heterocycles. The molecular weight excluding hydrogens is 278 g/mol. The van der Waals surface area contributed by atoms with Crippen molar-refractivity contribution < 1.29 is 0 Å². The highest BCUT2D eigenvalue weighted by molar-refractivity contribution is 7.15. The number of thiazole rings is 1. The third-order valence-corrected chi connectivity index (χ3v) is 5.58. The molecule has 0 aromatic carbocycles. The van der Waals surface area contributed by atoms with Gasteiger partial charge in [-0.2, -0.15) is 0 Å². The summed E-state index contributed by atoms with van der Waals surface area (Å²) in [5.74, 6) is 0. The van der Waals surface area contributed by atoms with Crippen LogP contribution in [0.1, 0.15) is 69.4 Å². The second kappa shape index (κ2) is 8.74. The summed E-state index contributed by atoms with van der Waals surface area (Å²) < 4.78 is 0. The summed E-state index contributed by atoms with van der Waals surface area (Å²) in [6.07, 6.45) is 10.3. The Morgan fingerprint density at radius 1 is 1.19 bits per heavy atom. The lowest BCUT2D eigenvalue weighted by atomic mass is 9.95. The van der Waals surface area contributed by atoms with Crippen LogP contribution in [0, 0.1) is 0 Å². The van der Waals surface area contributed by atoms with Crippen LogP contribution < -0.4 is 10.2 Å². The van der Waals surface area contributed by atoms with Crippen LogP contribution in [0.4, 0.5) is 5.13 Å². The minimum Gasteiger partial charge on any atom is -0.348 e. The first-order chi connectivity index (χ1) is 10.3. The number of hydrogen-bond donors (Lipinski definition) is 1. The zero-order valence-corrected chi connectivity index (χ0v) is 14.8. The zero-order valence-electron chi connectivity index (χ0n) is 14.0. The topological polar surface area (TPSA) is 28.2 Å². The van der Waals surface area contributed by atoms with Crippen molar-refractivity contribution in [3.8, 4) is 0 Å². The van der Waals surface area contributed by atoms with E-state index >= 15 is 0 Å². The number of aromatic nitrogens is 1. The van der Waals surface area contributed by atoms with Gasteiger partial charge in [0.15, 0.2) is 5.13 Å². The van der Waals surface area contributed by atoms with E-state index in [0.717, 1.165) is 19.5 Å². The Bertz CT molecular complexity index is 410. The Morgan fingerprint density at radius 3 is 2.62 bits per heavy atom. The molecule has 0 radical (unpaired) electrons. The molecule has 2 rings (SSSR count). The van der Waals surface area contributed by atoms with Crippen molar-refractivity contribution in [3.05, 3.63) is 10.6 Å². The largest absolute Gasteiger partial charge is 0.348 e. The standard InChI is InChI=1S/C17H31N3S/c1-4-9-15-16(13-18-12-5-2)21-17(19-15)20(3)14-10-7-6-8-11-14/h14,18H,4-13H2,1-3H3. The summed E-state index contributed by atoms with van der Waals surface area (Å²) in [6, 6.07) is 0.704. The molecule has 0 bridgehead atoms. The SMILES string of the molecule is CCCNCc1sc(N(C)C2CCCCC2)nc1CCC. The van der Waals surface area contributed by atoms with Crippen LogP contribution in [-0.2, 0) is 13.0 Å². The Hall–Kier alpha value is -0.610. The highest BCUT2D eigenvalue weighted by Gasteiger charge is 2.21. The smallest absolute Gasteiger partial charge is 0.185 e. The molecule has 1 N–H and O–H groups in total. The van der Waals surface area contributed by atoms with E-state index in [0.29, 0.717) is 6.04 Å². The Labute approximate surface area is 134 Å². The first-order valence-corrected chi connectivity index (χ1v) is 9.50. The van der Waals surface area contributed by atoms with E-state index in [4.69, 9.17) is 4.98 Å². The molecule has 21 heavy (non-hydrogen) atoms. The lowest BCUT2D eigenvalue weighted by Crippen LogP contribution is -2.33. The first-order valence-electron chi connectivity index (χ1n) is 8.68. The molecule has 1 heterocycles. The van der Waals surface area contributed by atoms with E-state index in [1.165, 1.54) is 60.6 Å². The molecule has 1 aliphatic rings. The quantitative estimate of drug-likeness (QED) is 0.723. The minimum absolute atomic E-state index is 0.704. The van der Waals surface area contributed by atoms with E-state index in [2.05, 4.69) is 31.1 Å². The Balaban J connectivity index is 2.05. The van der Waals surface area contributed by atoms with Gasteiger partial charge in [-0.1, -0.05) is 39.5 Å². The molecule has 0 aliphatic heterocycles. The van der Waals surface area contributed by atoms with E-state index < -0.39 is 0 Å². The summed E-state index contributed by atoms with van der Waals surface area (Å²) in [7, 11) is 2.24. The third kappa shape index (κ3) is 4.68. The van der Waals surface area contributed by atoms with Gasteiger partial charge in [-0.15, -0.1) is 11.3 Å². The molecule has 1 aromatic rings. The summed E-state index contributed by atoms with van der Waals surface area (Å²) >= 11 is 1.90. The number of hydrogen-bond acceptors (Lipinski definition) is 4. The molecule has 120 valence electrons. The molecule has 0 spiro atoms. The predicted octanol–water partition coefficient (Wildman–Crippen LogP) is 4.36. The maximum absolute atomic E-state index is 4.96. The van der Waals surface area contributed by atoms with E-state index in [1.807, 2.05) is 11.3 Å². The number of nitrogens with zero attached hydrogens (tertiary/aromatic N) is 2. The van der Waals surface area contributed by atoms with Gasteiger partial charge in [-0.05, 0) is 32.2 Å². The van der Waals surface area contributed by atoms with Crippen molar-refractivity contribution in [1.82, 2.24) is 10.3 Å². The molecule has 1 saturated carbocycles. The Morgan fingerprint density at radius 2 is 1.95 bits per heavy atom. The van der Waals surface area contributed by atoms with Crippen molar-refractivity contribution >= 4 is 16.5 Å². The summed E-state index contributed by atoms with van der Waals surface area (Å²) in [6.45, 7) is 6.54. The first kappa shape index (κ1) is 16.8. The van der Waals surface area contributed by atoms with Crippen molar-refractivity contribution in [1.29, 1.82) is 0 Å². The molecule has 1 aromatic heterocycles. The monoisotopic (exact) mass is 309 g/mol. The fraction of sp³-hybridized carbons (Fsp3) is 0.824. The molecule has 4 heteroatoms. The van der Waals surface area contributed by atoms with Crippen molar-refractivity contribution in [2.24, 2.45) is 0 Å². The fourth-order valence-corrected chi connectivity index (χ4v) is 4.20. The van der Waals surface area contributed by atoms with Gasteiger partial charge in [0.1, 0.15) is 0 Å². The molecular formula is C17H31N3S. The van der Waals surface area contributed by atoms with Crippen LogP contribution in [0.15, 0.2) is 0 Å². The number of rotatable bonds is 8. The van der Waals surface area contributed by atoms with Gasteiger partial charge in [-0.25, -0.2) is 4.98 Å². The summed E-state index contributed by atoms with van der Waals surface area (Å²) in [4.78, 5) is 8.86. The molecule has 0 amide bonds. The van der Waals surface area contributed by atoms with Crippen molar-refractivity contribution in [3.63, 3.8) is 0 Å². The van der Waals surface area contributed by atoms with Gasteiger partial charge >= 0.3 is 0 Å². The molecule has 0 atom stereocenters. The summed E-state index contributed by atoms with van der Waals surface area (Å²) in [5, 5.41) is 4.77.